The normalized spacial score (nSPS) is 13.4. The fourth-order valence-corrected chi connectivity index (χ4v) is 4.34. The van der Waals surface area contributed by atoms with Crippen molar-refractivity contribution in [1.82, 2.24) is 10.2 Å². The topological polar surface area (TPSA) is 67.9 Å². The van der Waals surface area contributed by atoms with E-state index < -0.39 is 6.04 Å². The smallest absolute Gasteiger partial charge is 0.255 e. The van der Waals surface area contributed by atoms with Crippen LogP contribution in [0.5, 0.6) is 11.5 Å². The number of amides is 2. The van der Waals surface area contributed by atoms with Gasteiger partial charge in [-0.2, -0.15) is 0 Å². The number of nitrogens with one attached hydrogen (secondary N) is 1. The maximum atomic E-state index is 13.3. The summed E-state index contributed by atoms with van der Waals surface area (Å²) in [5.74, 6) is 1.05. The van der Waals surface area contributed by atoms with Gasteiger partial charge in [-0.1, -0.05) is 54.6 Å². The molecule has 34 heavy (non-hydrogen) atoms. The largest absolute Gasteiger partial charge is 0.493 e. The van der Waals surface area contributed by atoms with Crippen molar-refractivity contribution in [2.24, 2.45) is 0 Å². The van der Waals surface area contributed by atoms with Crippen molar-refractivity contribution >= 4 is 11.8 Å². The van der Waals surface area contributed by atoms with Crippen LogP contribution in [0.4, 0.5) is 0 Å². The number of hydrogen-bond donors (Lipinski definition) is 1. The second kappa shape index (κ2) is 10.9. The van der Waals surface area contributed by atoms with E-state index in [1.807, 2.05) is 79.7 Å². The Bertz CT molecular complexity index is 1150. The van der Waals surface area contributed by atoms with Crippen LogP contribution in [0.1, 0.15) is 46.4 Å². The monoisotopic (exact) mass is 458 g/mol. The molecule has 0 bridgehead atoms. The van der Waals surface area contributed by atoms with Gasteiger partial charge in [0.2, 0.25) is 5.91 Å². The maximum Gasteiger partial charge on any atom is 0.255 e. The van der Waals surface area contributed by atoms with Crippen LogP contribution in [0.2, 0.25) is 0 Å². The maximum absolute atomic E-state index is 13.3. The van der Waals surface area contributed by atoms with E-state index in [9.17, 15) is 9.59 Å². The summed E-state index contributed by atoms with van der Waals surface area (Å²) >= 11 is 0. The van der Waals surface area contributed by atoms with Crippen molar-refractivity contribution in [2.75, 3.05) is 20.3 Å². The van der Waals surface area contributed by atoms with E-state index in [4.69, 9.17) is 9.47 Å². The predicted octanol–water partition coefficient (Wildman–Crippen LogP) is 4.54. The summed E-state index contributed by atoms with van der Waals surface area (Å²) in [6.07, 6.45) is 0.911. The molecule has 1 atom stereocenters. The molecule has 4 rings (SSSR count). The first-order valence-corrected chi connectivity index (χ1v) is 11.6. The number of rotatable bonds is 10. The van der Waals surface area contributed by atoms with Crippen LogP contribution >= 0.6 is 0 Å². The zero-order valence-corrected chi connectivity index (χ0v) is 19.6. The van der Waals surface area contributed by atoms with Gasteiger partial charge in [-0.15, -0.1) is 0 Å². The van der Waals surface area contributed by atoms with Crippen LogP contribution in [-0.4, -0.2) is 37.0 Å². The lowest BCUT2D eigenvalue weighted by Gasteiger charge is -2.28. The van der Waals surface area contributed by atoms with E-state index in [0.29, 0.717) is 36.8 Å². The van der Waals surface area contributed by atoms with Gasteiger partial charge in [0.1, 0.15) is 0 Å². The second-order valence-corrected chi connectivity index (χ2v) is 8.24. The molecular formula is C28H30N2O4. The lowest BCUT2D eigenvalue weighted by atomic mass is 10.0. The highest BCUT2D eigenvalue weighted by Crippen LogP contribution is 2.37. The van der Waals surface area contributed by atoms with Crippen LogP contribution in [-0.2, 0) is 17.8 Å². The Hall–Kier alpha value is -3.80. The third-order valence-corrected chi connectivity index (χ3v) is 6.06. The molecule has 0 saturated heterocycles. The molecule has 0 fully saturated rings. The molecule has 0 saturated carbocycles. The average Bonchev–Trinajstić information content (AvgIpc) is 3.20. The van der Waals surface area contributed by atoms with E-state index in [2.05, 4.69) is 5.32 Å². The van der Waals surface area contributed by atoms with Gasteiger partial charge in [-0.3, -0.25) is 9.59 Å². The van der Waals surface area contributed by atoms with Crippen LogP contribution in [0, 0.1) is 0 Å². The van der Waals surface area contributed by atoms with Crippen molar-refractivity contribution in [3.63, 3.8) is 0 Å². The molecular weight excluding hydrogens is 428 g/mol. The van der Waals surface area contributed by atoms with Crippen LogP contribution in [0.15, 0.2) is 72.8 Å². The zero-order valence-electron chi connectivity index (χ0n) is 19.6. The van der Waals surface area contributed by atoms with Gasteiger partial charge in [0.25, 0.3) is 5.91 Å². The first-order valence-electron chi connectivity index (χ1n) is 11.6. The lowest BCUT2D eigenvalue weighted by molar-refractivity contribution is -0.122. The van der Waals surface area contributed by atoms with Gasteiger partial charge in [0.05, 0.1) is 26.2 Å². The summed E-state index contributed by atoms with van der Waals surface area (Å²) < 4.78 is 11.2. The number of methoxy groups -OCH3 is 1. The SMILES string of the molecule is CCOc1ccc([C@H](CC(=O)NCCc2ccccc2)N2Cc3ccccc3C2=O)cc1OC. The fourth-order valence-electron chi connectivity index (χ4n) is 4.34. The Balaban J connectivity index is 1.55. The highest BCUT2D eigenvalue weighted by atomic mass is 16.5. The third kappa shape index (κ3) is 5.22. The van der Waals surface area contributed by atoms with Crippen molar-refractivity contribution < 1.29 is 19.1 Å². The number of hydrogen-bond acceptors (Lipinski definition) is 4. The Morgan fingerprint density at radius 1 is 1.03 bits per heavy atom. The molecule has 0 radical (unpaired) electrons. The predicted molar refractivity (Wildman–Crippen MR) is 131 cm³/mol. The quantitative estimate of drug-likeness (QED) is 0.484. The Morgan fingerprint density at radius 3 is 2.53 bits per heavy atom. The first kappa shape index (κ1) is 23.4. The molecule has 6 heteroatoms. The molecule has 6 nitrogen and oxygen atoms in total. The number of nitrogens with zero attached hydrogens (tertiary/aromatic N) is 1. The van der Waals surface area contributed by atoms with Crippen molar-refractivity contribution in [3.05, 3.63) is 95.1 Å². The highest BCUT2D eigenvalue weighted by molar-refractivity contribution is 5.98. The summed E-state index contributed by atoms with van der Waals surface area (Å²) in [6, 6.07) is 22.8. The molecule has 0 aliphatic carbocycles. The molecule has 0 spiro atoms. The number of carbonyl (C=O) groups is 2. The molecule has 1 aliphatic heterocycles. The minimum absolute atomic E-state index is 0.0643. The number of fused-ring (bicyclic) bond motifs is 1. The first-order chi connectivity index (χ1) is 16.6. The van der Waals surface area contributed by atoms with E-state index in [0.717, 1.165) is 17.5 Å². The van der Waals surface area contributed by atoms with Crippen molar-refractivity contribution in [3.8, 4) is 11.5 Å². The van der Waals surface area contributed by atoms with Gasteiger partial charge in [0.15, 0.2) is 11.5 Å². The molecule has 1 aliphatic rings. The molecule has 2 amide bonds. The van der Waals surface area contributed by atoms with Crippen LogP contribution in [0.25, 0.3) is 0 Å². The zero-order chi connectivity index (χ0) is 23.9. The summed E-state index contributed by atoms with van der Waals surface area (Å²) in [5.41, 5.74) is 3.66. The summed E-state index contributed by atoms with van der Waals surface area (Å²) in [5, 5.41) is 3.02. The van der Waals surface area contributed by atoms with Gasteiger partial charge in [-0.05, 0) is 48.2 Å². The second-order valence-electron chi connectivity index (χ2n) is 8.24. The third-order valence-electron chi connectivity index (χ3n) is 6.06. The van der Waals surface area contributed by atoms with Gasteiger partial charge < -0.3 is 19.7 Å². The van der Waals surface area contributed by atoms with Crippen molar-refractivity contribution in [1.29, 1.82) is 0 Å². The molecule has 3 aromatic rings. The van der Waals surface area contributed by atoms with Gasteiger partial charge >= 0.3 is 0 Å². The molecule has 0 unspecified atom stereocenters. The Labute approximate surface area is 200 Å². The number of ether oxygens (including phenoxy) is 2. The minimum Gasteiger partial charge on any atom is -0.493 e. The summed E-state index contributed by atoms with van der Waals surface area (Å²) in [4.78, 5) is 28.0. The molecule has 1 N–H and O–H groups in total. The highest BCUT2D eigenvalue weighted by Gasteiger charge is 2.34. The average molecular weight is 459 g/mol. The van der Waals surface area contributed by atoms with E-state index in [1.165, 1.54) is 5.56 Å². The Morgan fingerprint density at radius 2 is 1.79 bits per heavy atom. The van der Waals surface area contributed by atoms with E-state index >= 15 is 0 Å². The molecule has 176 valence electrons. The number of carbonyl (C=O) groups excluding carboxylic acids is 2. The van der Waals surface area contributed by atoms with E-state index in [1.54, 1.807) is 12.0 Å². The Kier molecular flexibility index (Phi) is 7.48. The standard InChI is InChI=1S/C28H30N2O4/c1-3-34-25-14-13-21(17-26(25)33-2)24(30-19-22-11-7-8-12-23(22)28(30)32)18-27(31)29-16-15-20-9-5-4-6-10-20/h4-14,17,24H,3,15-16,18-19H2,1-2H3,(H,29,31)/t24-/m0/s1. The van der Waals surface area contributed by atoms with E-state index in [-0.39, 0.29) is 18.2 Å². The van der Waals surface area contributed by atoms with Crippen LogP contribution < -0.4 is 14.8 Å². The fraction of sp³-hybridized carbons (Fsp3) is 0.286. The summed E-state index contributed by atoms with van der Waals surface area (Å²) in [7, 11) is 1.59. The van der Waals surface area contributed by atoms with Gasteiger partial charge in [-0.25, -0.2) is 0 Å². The summed E-state index contributed by atoms with van der Waals surface area (Å²) in [6.45, 7) is 3.43. The molecule has 3 aromatic carbocycles. The van der Waals surface area contributed by atoms with Crippen LogP contribution in [0.3, 0.4) is 0 Å². The molecule has 0 aromatic heterocycles. The number of benzene rings is 3. The lowest BCUT2D eigenvalue weighted by Crippen LogP contribution is -2.35. The van der Waals surface area contributed by atoms with Gasteiger partial charge in [0, 0.05) is 18.7 Å². The minimum atomic E-state index is -0.429. The van der Waals surface area contributed by atoms with Crippen molar-refractivity contribution in [2.45, 2.75) is 32.4 Å². The molecule has 1 heterocycles.